The molecule has 0 spiro atoms. The second-order valence-electron chi connectivity index (χ2n) is 5.97. The summed E-state index contributed by atoms with van der Waals surface area (Å²) in [7, 11) is 0. The van der Waals surface area contributed by atoms with Crippen LogP contribution in [0.3, 0.4) is 0 Å². The summed E-state index contributed by atoms with van der Waals surface area (Å²) >= 11 is 0. The molecule has 3 heteroatoms. The molecule has 21 heavy (non-hydrogen) atoms. The molecule has 0 aliphatic heterocycles. The van der Waals surface area contributed by atoms with Crippen molar-refractivity contribution in [3.05, 3.63) is 65.0 Å². The van der Waals surface area contributed by atoms with Crippen LogP contribution in [-0.4, -0.2) is 16.6 Å². The van der Waals surface area contributed by atoms with E-state index in [4.69, 9.17) is 0 Å². The van der Waals surface area contributed by atoms with E-state index in [9.17, 15) is 5.11 Å². The quantitative estimate of drug-likeness (QED) is 0.904. The van der Waals surface area contributed by atoms with Crippen LogP contribution in [0.1, 0.15) is 53.7 Å². The largest absolute Gasteiger partial charge is 0.387 e. The molecule has 3 unspecified atom stereocenters. The van der Waals surface area contributed by atoms with E-state index in [1.165, 1.54) is 16.7 Å². The molecule has 0 saturated carbocycles. The van der Waals surface area contributed by atoms with Crippen LogP contribution in [0.15, 0.2) is 42.7 Å². The number of nitrogens with zero attached hydrogens (tertiary/aromatic N) is 1. The van der Waals surface area contributed by atoms with Gasteiger partial charge in [0.15, 0.2) is 0 Å². The van der Waals surface area contributed by atoms with Gasteiger partial charge in [0, 0.05) is 25.0 Å². The van der Waals surface area contributed by atoms with Crippen molar-refractivity contribution in [3.8, 4) is 0 Å². The summed E-state index contributed by atoms with van der Waals surface area (Å²) in [6, 6.07) is 10.6. The van der Waals surface area contributed by atoms with E-state index in [-0.39, 0.29) is 0 Å². The van der Waals surface area contributed by atoms with Crippen molar-refractivity contribution in [2.75, 3.05) is 6.54 Å². The monoisotopic (exact) mass is 282 g/mol. The number of benzene rings is 1. The van der Waals surface area contributed by atoms with Gasteiger partial charge in [-0.2, -0.15) is 0 Å². The molecule has 0 saturated heterocycles. The van der Waals surface area contributed by atoms with Crippen molar-refractivity contribution in [2.24, 2.45) is 0 Å². The fourth-order valence-corrected chi connectivity index (χ4v) is 3.43. The van der Waals surface area contributed by atoms with Crippen molar-refractivity contribution >= 4 is 0 Å². The maximum Gasteiger partial charge on any atom is 0.0915 e. The van der Waals surface area contributed by atoms with Crippen LogP contribution in [0.25, 0.3) is 0 Å². The van der Waals surface area contributed by atoms with Gasteiger partial charge < -0.3 is 10.4 Å². The zero-order chi connectivity index (χ0) is 14.8. The Morgan fingerprint density at radius 3 is 2.81 bits per heavy atom. The molecule has 3 atom stereocenters. The standard InChI is InChI=1S/C18H22N2O/c1-12-4-3-5-15-16(10-13(2)18(12)15)20-11-17(21)14-6-8-19-9-7-14/h3-9,13,16-17,20-21H,10-11H2,1-2H3. The number of aromatic nitrogens is 1. The fourth-order valence-electron chi connectivity index (χ4n) is 3.43. The predicted molar refractivity (Wildman–Crippen MR) is 84.2 cm³/mol. The first-order valence-corrected chi connectivity index (χ1v) is 7.57. The van der Waals surface area contributed by atoms with Gasteiger partial charge in [-0.05, 0) is 53.6 Å². The first-order valence-electron chi connectivity index (χ1n) is 7.57. The van der Waals surface area contributed by atoms with Gasteiger partial charge in [-0.1, -0.05) is 25.1 Å². The molecule has 0 bridgehead atoms. The lowest BCUT2D eigenvalue weighted by Crippen LogP contribution is -2.25. The number of aliphatic hydroxyl groups is 1. The van der Waals surface area contributed by atoms with Gasteiger partial charge in [0.05, 0.1) is 6.10 Å². The maximum atomic E-state index is 10.3. The number of hydrogen-bond donors (Lipinski definition) is 2. The van der Waals surface area contributed by atoms with Crippen LogP contribution >= 0.6 is 0 Å². The first kappa shape index (κ1) is 14.2. The Morgan fingerprint density at radius 2 is 2.05 bits per heavy atom. The highest BCUT2D eigenvalue weighted by molar-refractivity contribution is 5.43. The van der Waals surface area contributed by atoms with Crippen LogP contribution in [0.5, 0.6) is 0 Å². The SMILES string of the molecule is Cc1cccc2c1C(C)CC2NCC(O)c1ccncc1. The molecular formula is C18H22N2O. The van der Waals surface area contributed by atoms with Gasteiger partial charge in [0.2, 0.25) is 0 Å². The summed E-state index contributed by atoms with van der Waals surface area (Å²) in [4.78, 5) is 3.98. The Labute approximate surface area is 126 Å². The van der Waals surface area contributed by atoms with E-state index >= 15 is 0 Å². The number of rotatable bonds is 4. The number of aryl methyl sites for hydroxylation is 1. The smallest absolute Gasteiger partial charge is 0.0915 e. The molecule has 0 fully saturated rings. The highest BCUT2D eigenvalue weighted by Crippen LogP contribution is 2.41. The minimum absolute atomic E-state index is 0.339. The highest BCUT2D eigenvalue weighted by atomic mass is 16.3. The summed E-state index contributed by atoms with van der Waals surface area (Å²) in [5.74, 6) is 0.580. The maximum absolute atomic E-state index is 10.3. The minimum Gasteiger partial charge on any atom is -0.387 e. The van der Waals surface area contributed by atoms with Crippen molar-refractivity contribution in [2.45, 2.75) is 38.3 Å². The summed E-state index contributed by atoms with van der Waals surface area (Å²) < 4.78 is 0. The van der Waals surface area contributed by atoms with E-state index in [2.05, 4.69) is 42.3 Å². The number of fused-ring (bicyclic) bond motifs is 1. The topological polar surface area (TPSA) is 45.1 Å². The number of pyridine rings is 1. The fraction of sp³-hybridized carbons (Fsp3) is 0.389. The minimum atomic E-state index is -0.489. The number of hydrogen-bond acceptors (Lipinski definition) is 3. The Hall–Kier alpha value is -1.71. The van der Waals surface area contributed by atoms with E-state index in [0.717, 1.165) is 12.0 Å². The van der Waals surface area contributed by atoms with Crippen LogP contribution < -0.4 is 5.32 Å². The van der Waals surface area contributed by atoms with Gasteiger partial charge in [-0.25, -0.2) is 0 Å². The molecule has 3 nitrogen and oxygen atoms in total. The summed E-state index contributed by atoms with van der Waals surface area (Å²) in [5.41, 5.74) is 5.16. The molecule has 2 N–H and O–H groups in total. The molecular weight excluding hydrogens is 260 g/mol. The second kappa shape index (κ2) is 5.96. The number of aliphatic hydroxyl groups excluding tert-OH is 1. The Morgan fingerprint density at radius 1 is 1.29 bits per heavy atom. The molecule has 110 valence electrons. The van der Waals surface area contributed by atoms with Crippen LogP contribution in [-0.2, 0) is 0 Å². The molecule has 3 rings (SSSR count). The van der Waals surface area contributed by atoms with Gasteiger partial charge >= 0.3 is 0 Å². The van der Waals surface area contributed by atoms with Gasteiger partial charge in [-0.3, -0.25) is 4.98 Å². The molecule has 0 radical (unpaired) electrons. The second-order valence-corrected chi connectivity index (χ2v) is 5.97. The van der Waals surface area contributed by atoms with Crippen LogP contribution in [0.4, 0.5) is 0 Å². The van der Waals surface area contributed by atoms with E-state index in [1.54, 1.807) is 12.4 Å². The molecule has 1 aromatic carbocycles. The first-order chi connectivity index (χ1) is 10.2. The van der Waals surface area contributed by atoms with E-state index in [1.807, 2.05) is 12.1 Å². The lowest BCUT2D eigenvalue weighted by atomic mass is 9.98. The highest BCUT2D eigenvalue weighted by Gasteiger charge is 2.29. The summed E-state index contributed by atoms with van der Waals surface area (Å²) in [5, 5.41) is 13.8. The van der Waals surface area contributed by atoms with Crippen molar-refractivity contribution in [3.63, 3.8) is 0 Å². The van der Waals surface area contributed by atoms with Crippen LogP contribution in [0, 0.1) is 6.92 Å². The molecule has 2 aromatic rings. The average molecular weight is 282 g/mol. The van der Waals surface area contributed by atoms with Crippen molar-refractivity contribution < 1.29 is 5.11 Å². The third-order valence-electron chi connectivity index (χ3n) is 4.46. The van der Waals surface area contributed by atoms with Gasteiger partial charge in [0.1, 0.15) is 0 Å². The third kappa shape index (κ3) is 2.85. The average Bonchev–Trinajstić information content (AvgIpc) is 2.83. The Balaban J connectivity index is 1.69. The number of nitrogens with one attached hydrogen (secondary N) is 1. The summed E-state index contributed by atoms with van der Waals surface area (Å²) in [6.45, 7) is 5.03. The Bertz CT molecular complexity index is 612. The van der Waals surface area contributed by atoms with Crippen LogP contribution in [0.2, 0.25) is 0 Å². The Kier molecular flexibility index (Phi) is 4.04. The molecule has 1 aliphatic carbocycles. The summed E-state index contributed by atoms with van der Waals surface area (Å²) in [6.07, 6.45) is 4.05. The third-order valence-corrected chi connectivity index (χ3v) is 4.46. The van der Waals surface area contributed by atoms with Gasteiger partial charge in [0.25, 0.3) is 0 Å². The zero-order valence-electron chi connectivity index (χ0n) is 12.6. The predicted octanol–water partition coefficient (Wildman–Crippen LogP) is 3.26. The normalized spacial score (nSPS) is 22.0. The van der Waals surface area contributed by atoms with Crippen molar-refractivity contribution in [1.82, 2.24) is 10.3 Å². The van der Waals surface area contributed by atoms with E-state index in [0.29, 0.717) is 18.5 Å². The zero-order valence-corrected chi connectivity index (χ0v) is 12.6. The molecule has 1 aromatic heterocycles. The lowest BCUT2D eigenvalue weighted by Gasteiger charge is -2.18. The molecule has 1 aliphatic rings. The molecule has 1 heterocycles. The van der Waals surface area contributed by atoms with Gasteiger partial charge in [-0.15, -0.1) is 0 Å². The molecule has 0 amide bonds. The lowest BCUT2D eigenvalue weighted by molar-refractivity contribution is 0.169. The van der Waals surface area contributed by atoms with Crippen molar-refractivity contribution in [1.29, 1.82) is 0 Å². The van der Waals surface area contributed by atoms with E-state index < -0.39 is 6.10 Å².